The van der Waals surface area contributed by atoms with Gasteiger partial charge in [0.2, 0.25) is 0 Å². The van der Waals surface area contributed by atoms with Crippen molar-refractivity contribution in [2.75, 3.05) is 25.9 Å². The van der Waals surface area contributed by atoms with Crippen LogP contribution in [0.15, 0.2) is 24.3 Å². The van der Waals surface area contributed by atoms with Gasteiger partial charge in [0.25, 0.3) is 0 Å². The summed E-state index contributed by atoms with van der Waals surface area (Å²) in [6.45, 7) is 3.57. The zero-order chi connectivity index (χ0) is 12.7. The van der Waals surface area contributed by atoms with Gasteiger partial charge < -0.3 is 10.8 Å². The first-order chi connectivity index (χ1) is 8.15. The van der Waals surface area contributed by atoms with E-state index in [0.717, 1.165) is 31.5 Å². The van der Waals surface area contributed by atoms with Gasteiger partial charge in [-0.2, -0.15) is 0 Å². The van der Waals surface area contributed by atoms with Gasteiger partial charge in [-0.25, -0.2) is 0 Å². The van der Waals surface area contributed by atoms with E-state index in [1.807, 2.05) is 12.1 Å². The molecule has 1 aromatic rings. The van der Waals surface area contributed by atoms with Crippen molar-refractivity contribution < 1.29 is 5.11 Å². The van der Waals surface area contributed by atoms with Gasteiger partial charge >= 0.3 is 0 Å². The Morgan fingerprint density at radius 1 is 1.18 bits per heavy atom. The molecule has 3 heteroatoms. The monoisotopic (exact) mass is 236 g/mol. The summed E-state index contributed by atoms with van der Waals surface area (Å²) in [6.07, 6.45) is 3.13. The van der Waals surface area contributed by atoms with Crippen LogP contribution >= 0.6 is 0 Å². The summed E-state index contributed by atoms with van der Waals surface area (Å²) in [7, 11) is 2.14. The maximum Gasteiger partial charge on any atom is 0.0431 e. The average molecular weight is 236 g/mol. The van der Waals surface area contributed by atoms with E-state index < -0.39 is 0 Å². The topological polar surface area (TPSA) is 49.5 Å². The molecule has 3 nitrogen and oxygen atoms in total. The number of nitrogen functional groups attached to an aromatic ring is 1. The van der Waals surface area contributed by atoms with Crippen molar-refractivity contribution in [3.8, 4) is 0 Å². The standard InChI is InChI=1S/C14H24N2O/c1-12(13-6-8-14(15)9-7-13)16(2)10-4-3-5-11-17/h6-9,12,17H,3-5,10-11,15H2,1-2H3. The van der Waals surface area contributed by atoms with E-state index in [9.17, 15) is 0 Å². The largest absolute Gasteiger partial charge is 0.399 e. The summed E-state index contributed by atoms with van der Waals surface area (Å²) in [5.74, 6) is 0. The van der Waals surface area contributed by atoms with Crippen molar-refractivity contribution in [3.63, 3.8) is 0 Å². The lowest BCUT2D eigenvalue weighted by molar-refractivity contribution is 0.244. The van der Waals surface area contributed by atoms with Gasteiger partial charge in [-0.05, 0) is 57.5 Å². The predicted octanol–water partition coefficient (Wildman–Crippen LogP) is 2.42. The second-order valence-electron chi connectivity index (χ2n) is 4.61. The highest BCUT2D eigenvalue weighted by Gasteiger charge is 2.10. The summed E-state index contributed by atoms with van der Waals surface area (Å²) < 4.78 is 0. The van der Waals surface area contributed by atoms with Gasteiger partial charge in [0.05, 0.1) is 0 Å². The number of nitrogens with two attached hydrogens (primary N) is 1. The fraction of sp³-hybridized carbons (Fsp3) is 0.571. The van der Waals surface area contributed by atoms with Crippen LogP contribution in [0, 0.1) is 0 Å². The molecule has 96 valence electrons. The molecule has 3 N–H and O–H groups in total. The highest BCUT2D eigenvalue weighted by Crippen LogP contribution is 2.20. The van der Waals surface area contributed by atoms with Gasteiger partial charge in [0.15, 0.2) is 0 Å². The number of nitrogens with zero attached hydrogens (tertiary/aromatic N) is 1. The Morgan fingerprint density at radius 3 is 2.41 bits per heavy atom. The third-order valence-electron chi connectivity index (χ3n) is 3.25. The molecule has 0 fully saturated rings. The van der Waals surface area contributed by atoms with Crippen LogP contribution in [-0.2, 0) is 0 Å². The third-order valence-corrected chi connectivity index (χ3v) is 3.25. The quantitative estimate of drug-likeness (QED) is 0.564. The number of hydrogen-bond acceptors (Lipinski definition) is 3. The van der Waals surface area contributed by atoms with E-state index in [1.165, 1.54) is 5.56 Å². The van der Waals surface area contributed by atoms with Crippen LogP contribution in [0.1, 0.15) is 37.8 Å². The van der Waals surface area contributed by atoms with E-state index in [2.05, 4.69) is 31.0 Å². The van der Waals surface area contributed by atoms with Crippen LogP contribution in [0.25, 0.3) is 0 Å². The Labute approximate surface area is 104 Å². The van der Waals surface area contributed by atoms with E-state index in [4.69, 9.17) is 10.8 Å². The first-order valence-electron chi connectivity index (χ1n) is 6.31. The molecule has 0 aliphatic heterocycles. The molecule has 1 rings (SSSR count). The minimum absolute atomic E-state index is 0.303. The van der Waals surface area contributed by atoms with Gasteiger partial charge in [-0.15, -0.1) is 0 Å². The first kappa shape index (κ1) is 14.0. The lowest BCUT2D eigenvalue weighted by Crippen LogP contribution is -2.23. The summed E-state index contributed by atoms with van der Waals surface area (Å²) in [4.78, 5) is 2.34. The molecule has 0 aliphatic carbocycles. The number of aliphatic hydroxyl groups excluding tert-OH is 1. The molecule has 1 atom stereocenters. The maximum atomic E-state index is 8.72. The van der Waals surface area contributed by atoms with Crippen LogP contribution in [0.4, 0.5) is 5.69 Å². The summed E-state index contributed by atoms with van der Waals surface area (Å²) >= 11 is 0. The second kappa shape index (κ2) is 7.30. The fourth-order valence-corrected chi connectivity index (χ4v) is 1.87. The molecule has 1 unspecified atom stereocenters. The number of hydrogen-bond donors (Lipinski definition) is 2. The molecule has 0 spiro atoms. The van der Waals surface area contributed by atoms with Crippen LogP contribution in [0.3, 0.4) is 0 Å². The van der Waals surface area contributed by atoms with E-state index in [1.54, 1.807) is 0 Å². The van der Waals surface area contributed by atoms with Gasteiger partial charge in [0.1, 0.15) is 0 Å². The van der Waals surface area contributed by atoms with Crippen molar-refractivity contribution in [2.24, 2.45) is 0 Å². The van der Waals surface area contributed by atoms with Crippen LogP contribution in [0.5, 0.6) is 0 Å². The van der Waals surface area contributed by atoms with Crippen molar-refractivity contribution in [1.82, 2.24) is 4.90 Å². The molecule has 0 heterocycles. The highest BCUT2D eigenvalue weighted by atomic mass is 16.2. The Bertz CT molecular complexity index is 311. The molecule has 0 saturated heterocycles. The average Bonchev–Trinajstić information content (AvgIpc) is 2.34. The number of benzene rings is 1. The van der Waals surface area contributed by atoms with Crippen LogP contribution in [0.2, 0.25) is 0 Å². The minimum atomic E-state index is 0.303. The van der Waals surface area contributed by atoms with Crippen LogP contribution in [-0.4, -0.2) is 30.2 Å². The Balaban J connectivity index is 2.40. The molecule has 0 aromatic heterocycles. The molecule has 0 amide bonds. The highest BCUT2D eigenvalue weighted by molar-refractivity contribution is 5.39. The molecule has 0 saturated carbocycles. The van der Waals surface area contributed by atoms with Crippen molar-refractivity contribution in [2.45, 2.75) is 32.2 Å². The second-order valence-corrected chi connectivity index (χ2v) is 4.61. The first-order valence-corrected chi connectivity index (χ1v) is 6.31. The molecule has 0 bridgehead atoms. The van der Waals surface area contributed by atoms with Crippen molar-refractivity contribution >= 4 is 5.69 Å². The zero-order valence-electron chi connectivity index (χ0n) is 10.9. The van der Waals surface area contributed by atoms with Gasteiger partial charge in [-0.3, -0.25) is 4.90 Å². The van der Waals surface area contributed by atoms with Gasteiger partial charge in [0, 0.05) is 18.3 Å². The normalized spacial score (nSPS) is 12.9. The van der Waals surface area contributed by atoms with E-state index in [-0.39, 0.29) is 0 Å². The molecule has 0 aliphatic rings. The molecular formula is C14H24N2O. The summed E-state index contributed by atoms with van der Waals surface area (Å²) in [6, 6.07) is 8.48. The van der Waals surface area contributed by atoms with E-state index >= 15 is 0 Å². The number of anilines is 1. The summed E-state index contributed by atoms with van der Waals surface area (Å²) in [5, 5.41) is 8.72. The van der Waals surface area contributed by atoms with Crippen LogP contribution < -0.4 is 5.73 Å². The predicted molar refractivity (Wildman–Crippen MR) is 72.8 cm³/mol. The molecule has 0 radical (unpaired) electrons. The van der Waals surface area contributed by atoms with E-state index in [0.29, 0.717) is 12.6 Å². The number of aliphatic hydroxyl groups is 1. The lowest BCUT2D eigenvalue weighted by Gasteiger charge is -2.25. The summed E-state index contributed by atoms with van der Waals surface area (Å²) in [5.41, 5.74) is 7.79. The Morgan fingerprint density at radius 2 is 1.82 bits per heavy atom. The van der Waals surface area contributed by atoms with Crippen molar-refractivity contribution in [3.05, 3.63) is 29.8 Å². The Hall–Kier alpha value is -1.06. The Kier molecular flexibility index (Phi) is 6.01. The lowest BCUT2D eigenvalue weighted by atomic mass is 10.1. The number of rotatable bonds is 7. The minimum Gasteiger partial charge on any atom is -0.399 e. The number of unbranched alkanes of at least 4 members (excludes halogenated alkanes) is 2. The maximum absolute atomic E-state index is 8.72. The third kappa shape index (κ3) is 4.75. The van der Waals surface area contributed by atoms with Crippen molar-refractivity contribution in [1.29, 1.82) is 0 Å². The SMILES string of the molecule is CC(c1ccc(N)cc1)N(C)CCCCCO. The zero-order valence-corrected chi connectivity index (χ0v) is 10.9. The van der Waals surface area contributed by atoms with Gasteiger partial charge in [-0.1, -0.05) is 12.1 Å². The molecule has 17 heavy (non-hydrogen) atoms. The fourth-order valence-electron chi connectivity index (χ4n) is 1.87. The molecule has 1 aromatic carbocycles. The molecular weight excluding hydrogens is 212 g/mol. The smallest absolute Gasteiger partial charge is 0.0431 e.